The summed E-state index contributed by atoms with van der Waals surface area (Å²) in [5, 5.41) is 0. The zero-order valence-corrected chi connectivity index (χ0v) is 10.5. The second-order valence-electron chi connectivity index (χ2n) is 4.54. The number of rotatable bonds is 6. The summed E-state index contributed by atoms with van der Waals surface area (Å²) in [6.45, 7) is 3.78. The van der Waals surface area contributed by atoms with E-state index < -0.39 is 0 Å². The standard InChI is InChI=1S/C12H20N4O/c1-9(10-3-4-10)16(7-8-17-2)11-5-6-14-12(13)15-11/h5-6,9-10H,3-4,7-8H2,1-2H3,(H2,13,14,15). The number of hydrogen-bond acceptors (Lipinski definition) is 5. The normalized spacial score (nSPS) is 16.8. The molecule has 1 aromatic heterocycles. The molecule has 1 aromatic rings. The van der Waals surface area contributed by atoms with Gasteiger partial charge in [0.1, 0.15) is 5.82 Å². The molecule has 0 saturated heterocycles. The van der Waals surface area contributed by atoms with Gasteiger partial charge < -0.3 is 15.4 Å². The lowest BCUT2D eigenvalue weighted by atomic mass is 10.2. The molecule has 1 aliphatic carbocycles. The molecule has 0 spiro atoms. The molecule has 5 nitrogen and oxygen atoms in total. The van der Waals surface area contributed by atoms with E-state index in [1.165, 1.54) is 12.8 Å². The number of nitrogens with two attached hydrogens (primary N) is 1. The highest BCUT2D eigenvalue weighted by atomic mass is 16.5. The van der Waals surface area contributed by atoms with Crippen LogP contribution in [0.5, 0.6) is 0 Å². The molecule has 1 saturated carbocycles. The van der Waals surface area contributed by atoms with E-state index in [0.29, 0.717) is 18.6 Å². The summed E-state index contributed by atoms with van der Waals surface area (Å²) in [5.74, 6) is 2.00. The predicted molar refractivity (Wildman–Crippen MR) is 67.9 cm³/mol. The Labute approximate surface area is 102 Å². The lowest BCUT2D eigenvalue weighted by Gasteiger charge is -2.30. The Balaban J connectivity index is 2.13. The van der Waals surface area contributed by atoms with Crippen LogP contribution in [-0.4, -0.2) is 36.3 Å². The minimum Gasteiger partial charge on any atom is -0.383 e. The number of ether oxygens (including phenoxy) is 1. The summed E-state index contributed by atoms with van der Waals surface area (Å²) < 4.78 is 5.16. The third kappa shape index (κ3) is 3.06. The van der Waals surface area contributed by atoms with Crippen LogP contribution in [0.2, 0.25) is 0 Å². The number of nitrogens with zero attached hydrogens (tertiary/aromatic N) is 3. The molecule has 17 heavy (non-hydrogen) atoms. The fourth-order valence-corrected chi connectivity index (χ4v) is 2.07. The van der Waals surface area contributed by atoms with Crippen LogP contribution in [0, 0.1) is 5.92 Å². The van der Waals surface area contributed by atoms with Crippen LogP contribution in [-0.2, 0) is 4.74 Å². The summed E-state index contributed by atoms with van der Waals surface area (Å²) in [6, 6.07) is 2.39. The highest BCUT2D eigenvalue weighted by molar-refractivity contribution is 5.42. The van der Waals surface area contributed by atoms with E-state index in [9.17, 15) is 0 Å². The van der Waals surface area contributed by atoms with Gasteiger partial charge in [0.15, 0.2) is 0 Å². The van der Waals surface area contributed by atoms with Gasteiger partial charge >= 0.3 is 0 Å². The van der Waals surface area contributed by atoms with Crippen molar-refractivity contribution in [2.45, 2.75) is 25.8 Å². The molecule has 5 heteroatoms. The summed E-state index contributed by atoms with van der Waals surface area (Å²) in [5.41, 5.74) is 5.64. The van der Waals surface area contributed by atoms with Crippen LogP contribution < -0.4 is 10.6 Å². The Morgan fingerprint density at radius 1 is 1.59 bits per heavy atom. The first-order valence-electron chi connectivity index (χ1n) is 6.06. The Hall–Kier alpha value is -1.36. The summed E-state index contributed by atoms with van der Waals surface area (Å²) in [4.78, 5) is 10.5. The minimum absolute atomic E-state index is 0.327. The van der Waals surface area contributed by atoms with Gasteiger partial charge in [-0.25, -0.2) is 4.98 Å². The van der Waals surface area contributed by atoms with E-state index in [4.69, 9.17) is 10.5 Å². The van der Waals surface area contributed by atoms with E-state index >= 15 is 0 Å². The number of hydrogen-bond donors (Lipinski definition) is 1. The van der Waals surface area contributed by atoms with Crippen molar-refractivity contribution in [2.75, 3.05) is 30.9 Å². The van der Waals surface area contributed by atoms with Gasteiger partial charge in [-0.05, 0) is 31.7 Å². The molecule has 1 fully saturated rings. The Bertz CT molecular complexity index is 367. The van der Waals surface area contributed by atoms with Gasteiger partial charge in [-0.1, -0.05) is 0 Å². The van der Waals surface area contributed by atoms with Gasteiger partial charge in [-0.2, -0.15) is 4.98 Å². The monoisotopic (exact) mass is 236 g/mol. The van der Waals surface area contributed by atoms with Gasteiger partial charge in [0, 0.05) is 25.9 Å². The first-order valence-corrected chi connectivity index (χ1v) is 6.06. The lowest BCUT2D eigenvalue weighted by Crippen LogP contribution is -2.38. The van der Waals surface area contributed by atoms with Crippen LogP contribution in [0.15, 0.2) is 12.3 Å². The smallest absolute Gasteiger partial charge is 0.221 e. The van der Waals surface area contributed by atoms with Crippen molar-refractivity contribution in [3.63, 3.8) is 0 Å². The van der Waals surface area contributed by atoms with Gasteiger partial charge in [0.05, 0.1) is 6.61 Å². The van der Waals surface area contributed by atoms with E-state index in [1.54, 1.807) is 13.3 Å². The second-order valence-corrected chi connectivity index (χ2v) is 4.54. The van der Waals surface area contributed by atoms with E-state index in [-0.39, 0.29) is 0 Å². The third-order valence-corrected chi connectivity index (χ3v) is 3.29. The molecule has 1 atom stereocenters. The van der Waals surface area contributed by atoms with Crippen molar-refractivity contribution >= 4 is 11.8 Å². The van der Waals surface area contributed by atoms with E-state index in [2.05, 4.69) is 21.8 Å². The zero-order chi connectivity index (χ0) is 12.3. The highest BCUT2D eigenvalue weighted by Gasteiger charge is 2.32. The van der Waals surface area contributed by atoms with Gasteiger partial charge in [-0.3, -0.25) is 0 Å². The number of anilines is 2. The summed E-state index contributed by atoms with van der Waals surface area (Å²) in [7, 11) is 1.72. The fourth-order valence-electron chi connectivity index (χ4n) is 2.07. The molecule has 0 aliphatic heterocycles. The molecule has 2 N–H and O–H groups in total. The average Bonchev–Trinajstić information content (AvgIpc) is 3.13. The highest BCUT2D eigenvalue weighted by Crippen LogP contribution is 2.36. The van der Waals surface area contributed by atoms with Crippen molar-refractivity contribution in [2.24, 2.45) is 5.92 Å². The maximum absolute atomic E-state index is 5.64. The van der Waals surface area contributed by atoms with Crippen LogP contribution in [0.25, 0.3) is 0 Å². The van der Waals surface area contributed by atoms with Crippen LogP contribution >= 0.6 is 0 Å². The molecule has 1 unspecified atom stereocenters. The maximum Gasteiger partial charge on any atom is 0.221 e. The first kappa shape index (κ1) is 12.1. The van der Waals surface area contributed by atoms with Gasteiger partial charge in [0.2, 0.25) is 5.95 Å². The quantitative estimate of drug-likeness (QED) is 0.806. The molecule has 0 radical (unpaired) electrons. The SMILES string of the molecule is COCCN(c1ccnc(N)n1)C(C)C1CC1. The Morgan fingerprint density at radius 3 is 2.94 bits per heavy atom. The number of nitrogen functional groups attached to an aromatic ring is 1. The molecule has 94 valence electrons. The third-order valence-electron chi connectivity index (χ3n) is 3.29. The molecular weight excluding hydrogens is 216 g/mol. The summed E-state index contributed by atoms with van der Waals surface area (Å²) in [6.07, 6.45) is 4.33. The largest absolute Gasteiger partial charge is 0.383 e. The molecule has 0 aromatic carbocycles. The predicted octanol–water partition coefficient (Wildman–Crippen LogP) is 1.31. The van der Waals surface area contributed by atoms with Gasteiger partial charge in [0.25, 0.3) is 0 Å². The first-order chi connectivity index (χ1) is 8.22. The number of aromatic nitrogens is 2. The zero-order valence-electron chi connectivity index (χ0n) is 10.5. The van der Waals surface area contributed by atoms with E-state index in [0.717, 1.165) is 18.3 Å². The average molecular weight is 236 g/mol. The molecule has 0 bridgehead atoms. The second kappa shape index (κ2) is 5.31. The van der Waals surface area contributed by atoms with Crippen LogP contribution in [0.4, 0.5) is 11.8 Å². The van der Waals surface area contributed by atoms with Crippen molar-refractivity contribution in [1.82, 2.24) is 9.97 Å². The van der Waals surface area contributed by atoms with Crippen molar-refractivity contribution in [3.8, 4) is 0 Å². The molecular formula is C12H20N4O. The Morgan fingerprint density at radius 2 is 2.35 bits per heavy atom. The van der Waals surface area contributed by atoms with Crippen molar-refractivity contribution < 1.29 is 4.74 Å². The minimum atomic E-state index is 0.327. The van der Waals surface area contributed by atoms with Gasteiger partial charge in [-0.15, -0.1) is 0 Å². The van der Waals surface area contributed by atoms with Crippen molar-refractivity contribution in [3.05, 3.63) is 12.3 Å². The van der Waals surface area contributed by atoms with Crippen molar-refractivity contribution in [1.29, 1.82) is 0 Å². The molecule has 1 aliphatic rings. The fraction of sp³-hybridized carbons (Fsp3) is 0.667. The number of methoxy groups -OCH3 is 1. The van der Waals surface area contributed by atoms with Crippen LogP contribution in [0.1, 0.15) is 19.8 Å². The maximum atomic E-state index is 5.64. The van der Waals surface area contributed by atoms with E-state index in [1.807, 2.05) is 6.07 Å². The molecule has 1 heterocycles. The lowest BCUT2D eigenvalue weighted by molar-refractivity contribution is 0.202. The Kier molecular flexibility index (Phi) is 3.78. The summed E-state index contributed by atoms with van der Waals surface area (Å²) >= 11 is 0. The molecule has 0 amide bonds. The molecule has 2 rings (SSSR count). The van der Waals surface area contributed by atoms with Crippen LogP contribution in [0.3, 0.4) is 0 Å². The topological polar surface area (TPSA) is 64.3 Å².